The monoisotopic (exact) mass is 318 g/mol. The Hall–Kier alpha value is -3.34. The number of benzene rings is 1. The van der Waals surface area contributed by atoms with Gasteiger partial charge in [0.25, 0.3) is 0 Å². The number of nitrogens with zero attached hydrogens (tertiary/aromatic N) is 1. The standard InChI is InChI=1S/C19H14N2O3/c1-12-11-15-17(19(22)23-12)16(14-9-5-6-10-20-14)18(24-15)21-13-7-3-2-4-8-13/h2-11,21H,1H3. The summed E-state index contributed by atoms with van der Waals surface area (Å²) in [6, 6.07) is 16.8. The van der Waals surface area contributed by atoms with Crippen LogP contribution in [0, 0.1) is 6.92 Å². The van der Waals surface area contributed by atoms with E-state index in [2.05, 4.69) is 10.3 Å². The minimum atomic E-state index is -0.435. The van der Waals surface area contributed by atoms with Gasteiger partial charge in [-0.3, -0.25) is 4.98 Å². The second-order valence-corrected chi connectivity index (χ2v) is 5.40. The minimum Gasteiger partial charge on any atom is -0.439 e. The number of furan rings is 1. The van der Waals surface area contributed by atoms with Gasteiger partial charge in [-0.25, -0.2) is 4.79 Å². The molecule has 0 aliphatic rings. The molecule has 0 spiro atoms. The first-order chi connectivity index (χ1) is 11.7. The average Bonchev–Trinajstić information content (AvgIpc) is 2.94. The molecule has 0 radical (unpaired) electrons. The molecule has 0 saturated heterocycles. The summed E-state index contributed by atoms with van der Waals surface area (Å²) in [6.45, 7) is 1.72. The lowest BCUT2D eigenvalue weighted by Crippen LogP contribution is -2.01. The van der Waals surface area contributed by atoms with Crippen LogP contribution in [0.1, 0.15) is 5.76 Å². The Balaban J connectivity index is 1.99. The molecular formula is C19H14N2O3. The molecule has 24 heavy (non-hydrogen) atoms. The average molecular weight is 318 g/mol. The van der Waals surface area contributed by atoms with Crippen molar-refractivity contribution in [2.24, 2.45) is 0 Å². The van der Waals surface area contributed by atoms with Gasteiger partial charge < -0.3 is 14.2 Å². The van der Waals surface area contributed by atoms with Gasteiger partial charge in [0, 0.05) is 18.0 Å². The van der Waals surface area contributed by atoms with Crippen molar-refractivity contribution in [1.82, 2.24) is 4.98 Å². The molecule has 0 saturated carbocycles. The molecule has 4 aromatic rings. The van der Waals surface area contributed by atoms with Crippen LogP contribution in [-0.2, 0) is 0 Å². The third-order valence-corrected chi connectivity index (χ3v) is 3.68. The number of nitrogens with one attached hydrogen (secondary N) is 1. The third-order valence-electron chi connectivity index (χ3n) is 3.68. The van der Waals surface area contributed by atoms with Crippen molar-refractivity contribution in [1.29, 1.82) is 0 Å². The van der Waals surface area contributed by atoms with E-state index in [0.717, 1.165) is 5.69 Å². The number of pyridine rings is 1. The number of hydrogen-bond acceptors (Lipinski definition) is 5. The first-order valence-electron chi connectivity index (χ1n) is 7.53. The topological polar surface area (TPSA) is 68.3 Å². The predicted octanol–water partition coefficient (Wildman–Crippen LogP) is 4.50. The third kappa shape index (κ3) is 2.46. The van der Waals surface area contributed by atoms with Crippen molar-refractivity contribution < 1.29 is 8.83 Å². The molecule has 0 amide bonds. The van der Waals surface area contributed by atoms with Crippen LogP contribution < -0.4 is 10.9 Å². The van der Waals surface area contributed by atoms with Gasteiger partial charge in [0.15, 0.2) is 0 Å². The van der Waals surface area contributed by atoms with Gasteiger partial charge in [-0.05, 0) is 31.2 Å². The highest BCUT2D eigenvalue weighted by molar-refractivity contribution is 5.99. The number of rotatable bonds is 3. The summed E-state index contributed by atoms with van der Waals surface area (Å²) in [6.07, 6.45) is 1.68. The quantitative estimate of drug-likeness (QED) is 0.602. The SMILES string of the molecule is Cc1cc2oc(Nc3ccccc3)c(-c3ccccn3)c2c(=O)o1. The van der Waals surface area contributed by atoms with Gasteiger partial charge in [-0.1, -0.05) is 24.3 Å². The predicted molar refractivity (Wildman–Crippen MR) is 92.4 cm³/mol. The first-order valence-corrected chi connectivity index (χ1v) is 7.53. The van der Waals surface area contributed by atoms with Crippen LogP contribution in [0.15, 0.2) is 74.4 Å². The van der Waals surface area contributed by atoms with Crippen molar-refractivity contribution in [3.63, 3.8) is 0 Å². The summed E-state index contributed by atoms with van der Waals surface area (Å²) < 4.78 is 11.2. The van der Waals surface area contributed by atoms with E-state index in [0.29, 0.717) is 33.9 Å². The Kier molecular flexibility index (Phi) is 3.39. The van der Waals surface area contributed by atoms with Crippen LogP contribution in [-0.4, -0.2) is 4.98 Å². The number of aromatic nitrogens is 1. The van der Waals surface area contributed by atoms with E-state index in [9.17, 15) is 4.79 Å². The largest absolute Gasteiger partial charge is 0.439 e. The molecular weight excluding hydrogens is 304 g/mol. The van der Waals surface area contributed by atoms with E-state index in [-0.39, 0.29) is 0 Å². The normalized spacial score (nSPS) is 10.9. The van der Waals surface area contributed by atoms with E-state index >= 15 is 0 Å². The highest BCUT2D eigenvalue weighted by Gasteiger charge is 2.21. The number of para-hydroxylation sites is 1. The molecule has 0 atom stereocenters. The van der Waals surface area contributed by atoms with Gasteiger partial charge in [0.2, 0.25) is 5.88 Å². The molecule has 0 aliphatic heterocycles. The molecule has 3 heterocycles. The van der Waals surface area contributed by atoms with Crippen LogP contribution in [0.25, 0.3) is 22.2 Å². The zero-order chi connectivity index (χ0) is 16.5. The molecule has 1 aromatic carbocycles. The first kappa shape index (κ1) is 14.3. The lowest BCUT2D eigenvalue weighted by atomic mass is 10.1. The number of hydrogen-bond donors (Lipinski definition) is 1. The van der Waals surface area contributed by atoms with E-state index in [1.807, 2.05) is 48.5 Å². The van der Waals surface area contributed by atoms with Crippen molar-refractivity contribution >= 4 is 22.5 Å². The molecule has 0 aliphatic carbocycles. The summed E-state index contributed by atoms with van der Waals surface area (Å²) in [7, 11) is 0. The smallest absolute Gasteiger partial charge is 0.347 e. The van der Waals surface area contributed by atoms with Crippen molar-refractivity contribution in [3.05, 3.63) is 77.0 Å². The molecule has 4 rings (SSSR count). The highest BCUT2D eigenvalue weighted by atomic mass is 16.4. The Morgan fingerprint density at radius 3 is 2.54 bits per heavy atom. The fourth-order valence-electron chi connectivity index (χ4n) is 2.66. The Morgan fingerprint density at radius 1 is 1.00 bits per heavy atom. The van der Waals surface area contributed by atoms with Gasteiger partial charge >= 0.3 is 5.63 Å². The maximum Gasteiger partial charge on any atom is 0.347 e. The van der Waals surface area contributed by atoms with Crippen LogP contribution >= 0.6 is 0 Å². The number of fused-ring (bicyclic) bond motifs is 1. The maximum atomic E-state index is 12.4. The van der Waals surface area contributed by atoms with Crippen LogP contribution in [0.5, 0.6) is 0 Å². The van der Waals surface area contributed by atoms with E-state index in [4.69, 9.17) is 8.83 Å². The molecule has 5 nitrogen and oxygen atoms in total. The van der Waals surface area contributed by atoms with Gasteiger partial charge in [-0.2, -0.15) is 0 Å². The number of anilines is 2. The fraction of sp³-hybridized carbons (Fsp3) is 0.0526. The van der Waals surface area contributed by atoms with Gasteiger partial charge in [-0.15, -0.1) is 0 Å². The Labute approximate surface area is 137 Å². The summed E-state index contributed by atoms with van der Waals surface area (Å²) in [5.41, 5.74) is 2.14. The highest BCUT2D eigenvalue weighted by Crippen LogP contribution is 2.37. The summed E-state index contributed by atoms with van der Waals surface area (Å²) >= 11 is 0. The van der Waals surface area contributed by atoms with Gasteiger partial charge in [0.05, 0.1) is 11.3 Å². The Bertz CT molecular complexity index is 1050. The molecule has 0 bridgehead atoms. The second-order valence-electron chi connectivity index (χ2n) is 5.40. The summed E-state index contributed by atoms with van der Waals surface area (Å²) in [5, 5.41) is 3.61. The Morgan fingerprint density at radius 2 is 1.79 bits per heavy atom. The minimum absolute atomic E-state index is 0.387. The van der Waals surface area contributed by atoms with Crippen LogP contribution in [0.3, 0.4) is 0 Å². The second kappa shape index (κ2) is 5.70. The van der Waals surface area contributed by atoms with Crippen molar-refractivity contribution in [3.8, 4) is 11.3 Å². The zero-order valence-corrected chi connectivity index (χ0v) is 12.9. The lowest BCUT2D eigenvalue weighted by molar-refractivity contribution is 0.485. The summed E-state index contributed by atoms with van der Waals surface area (Å²) in [4.78, 5) is 16.7. The van der Waals surface area contributed by atoms with Crippen LogP contribution in [0.2, 0.25) is 0 Å². The van der Waals surface area contributed by atoms with E-state index < -0.39 is 5.63 Å². The van der Waals surface area contributed by atoms with Crippen molar-refractivity contribution in [2.45, 2.75) is 6.92 Å². The lowest BCUT2D eigenvalue weighted by Gasteiger charge is -2.05. The van der Waals surface area contributed by atoms with E-state index in [1.54, 1.807) is 19.2 Å². The molecule has 3 aromatic heterocycles. The van der Waals surface area contributed by atoms with Crippen LogP contribution in [0.4, 0.5) is 11.6 Å². The molecule has 118 valence electrons. The number of aryl methyl sites for hydroxylation is 1. The van der Waals surface area contributed by atoms with Crippen molar-refractivity contribution in [2.75, 3.05) is 5.32 Å². The molecule has 0 unspecified atom stereocenters. The molecule has 1 N–H and O–H groups in total. The van der Waals surface area contributed by atoms with E-state index in [1.165, 1.54) is 0 Å². The molecule has 0 fully saturated rings. The van der Waals surface area contributed by atoms with Gasteiger partial charge in [0.1, 0.15) is 16.7 Å². The molecule has 5 heteroatoms. The maximum absolute atomic E-state index is 12.4. The summed E-state index contributed by atoms with van der Waals surface area (Å²) in [5.74, 6) is 0.966. The zero-order valence-electron chi connectivity index (χ0n) is 12.9. The fourth-order valence-corrected chi connectivity index (χ4v) is 2.66.